The standard InChI is InChI=1S/C12H17NO2/c1-9(2)6-5-7-10(3)11(8-13)12(14)15-4/h6H,5,7H2,1-4H3/b11-10+. The summed E-state index contributed by atoms with van der Waals surface area (Å²) in [5, 5.41) is 8.78. The van der Waals surface area contributed by atoms with Gasteiger partial charge in [-0.2, -0.15) is 5.26 Å². The first-order valence-electron chi connectivity index (χ1n) is 4.84. The van der Waals surface area contributed by atoms with Crippen LogP contribution in [0.4, 0.5) is 0 Å². The summed E-state index contributed by atoms with van der Waals surface area (Å²) < 4.78 is 4.52. The van der Waals surface area contributed by atoms with Crippen molar-refractivity contribution in [2.75, 3.05) is 7.11 Å². The number of carbonyl (C=O) groups excluding carboxylic acids is 1. The third kappa shape index (κ3) is 5.02. The lowest BCUT2D eigenvalue weighted by molar-refractivity contribution is -0.135. The Morgan fingerprint density at radius 1 is 1.40 bits per heavy atom. The molecule has 0 unspecified atom stereocenters. The fraction of sp³-hybridized carbons (Fsp3) is 0.500. The minimum Gasteiger partial charge on any atom is -0.465 e. The Morgan fingerprint density at radius 2 is 2.00 bits per heavy atom. The fourth-order valence-electron chi connectivity index (χ4n) is 1.12. The van der Waals surface area contributed by atoms with Gasteiger partial charge in [0.2, 0.25) is 0 Å². The van der Waals surface area contributed by atoms with Gasteiger partial charge in [-0.1, -0.05) is 11.6 Å². The first kappa shape index (κ1) is 13.4. The van der Waals surface area contributed by atoms with E-state index in [4.69, 9.17) is 5.26 Å². The summed E-state index contributed by atoms with van der Waals surface area (Å²) in [7, 11) is 1.28. The first-order valence-corrected chi connectivity index (χ1v) is 4.84. The molecule has 0 saturated heterocycles. The van der Waals surface area contributed by atoms with Crippen LogP contribution in [0.2, 0.25) is 0 Å². The SMILES string of the molecule is COC(=O)/C(C#N)=C(\C)CCC=C(C)C. The minimum absolute atomic E-state index is 0.125. The molecular weight excluding hydrogens is 190 g/mol. The van der Waals surface area contributed by atoms with E-state index in [-0.39, 0.29) is 5.57 Å². The summed E-state index contributed by atoms with van der Waals surface area (Å²) in [5.74, 6) is -0.549. The van der Waals surface area contributed by atoms with Crippen LogP contribution in [0.15, 0.2) is 22.8 Å². The largest absolute Gasteiger partial charge is 0.465 e. The maximum absolute atomic E-state index is 11.2. The Labute approximate surface area is 91.0 Å². The summed E-state index contributed by atoms with van der Waals surface area (Å²) >= 11 is 0. The lowest BCUT2D eigenvalue weighted by Crippen LogP contribution is -2.05. The number of carbonyl (C=O) groups is 1. The third-order valence-electron chi connectivity index (χ3n) is 2.00. The number of hydrogen-bond donors (Lipinski definition) is 0. The van der Waals surface area contributed by atoms with Gasteiger partial charge in [-0.3, -0.25) is 0 Å². The van der Waals surface area contributed by atoms with Crippen molar-refractivity contribution >= 4 is 5.97 Å². The highest BCUT2D eigenvalue weighted by atomic mass is 16.5. The monoisotopic (exact) mass is 207 g/mol. The van der Waals surface area contributed by atoms with E-state index in [9.17, 15) is 4.79 Å². The van der Waals surface area contributed by atoms with Crippen LogP contribution >= 0.6 is 0 Å². The van der Waals surface area contributed by atoms with Crippen LogP contribution in [0.3, 0.4) is 0 Å². The van der Waals surface area contributed by atoms with Crippen molar-refractivity contribution in [2.24, 2.45) is 0 Å². The van der Waals surface area contributed by atoms with E-state index in [0.29, 0.717) is 6.42 Å². The van der Waals surface area contributed by atoms with Crippen molar-refractivity contribution in [1.29, 1.82) is 5.26 Å². The molecule has 0 fully saturated rings. The summed E-state index contributed by atoms with van der Waals surface area (Å²) in [4.78, 5) is 11.2. The second-order valence-corrected chi connectivity index (χ2v) is 3.58. The summed E-state index contributed by atoms with van der Waals surface area (Å²) in [6.45, 7) is 5.82. The molecule has 0 amide bonds. The molecule has 0 atom stereocenters. The Hall–Kier alpha value is -1.56. The highest BCUT2D eigenvalue weighted by molar-refractivity contribution is 5.93. The van der Waals surface area contributed by atoms with E-state index in [1.165, 1.54) is 12.7 Å². The number of ether oxygens (including phenoxy) is 1. The van der Waals surface area contributed by atoms with Crippen molar-refractivity contribution < 1.29 is 9.53 Å². The average Bonchev–Trinajstić information content (AvgIpc) is 2.18. The molecule has 82 valence electrons. The number of methoxy groups -OCH3 is 1. The zero-order chi connectivity index (χ0) is 11.8. The van der Waals surface area contributed by atoms with Gasteiger partial charge in [0.15, 0.2) is 0 Å². The van der Waals surface area contributed by atoms with Crippen LogP contribution < -0.4 is 0 Å². The number of esters is 1. The lowest BCUT2D eigenvalue weighted by Gasteiger charge is -2.02. The third-order valence-corrected chi connectivity index (χ3v) is 2.00. The highest BCUT2D eigenvalue weighted by Crippen LogP contribution is 2.12. The van der Waals surface area contributed by atoms with E-state index < -0.39 is 5.97 Å². The van der Waals surface area contributed by atoms with E-state index in [2.05, 4.69) is 10.8 Å². The average molecular weight is 207 g/mol. The molecule has 0 bridgehead atoms. The Kier molecular flexibility index (Phi) is 6.12. The molecule has 0 aliphatic rings. The quantitative estimate of drug-likeness (QED) is 0.308. The van der Waals surface area contributed by atoms with E-state index in [1.807, 2.05) is 19.9 Å². The van der Waals surface area contributed by atoms with E-state index in [0.717, 1.165) is 12.0 Å². The van der Waals surface area contributed by atoms with Gasteiger partial charge in [0.25, 0.3) is 0 Å². The second kappa shape index (κ2) is 6.83. The van der Waals surface area contributed by atoms with Gasteiger partial charge in [0.1, 0.15) is 11.6 Å². The van der Waals surface area contributed by atoms with Gasteiger partial charge in [-0.25, -0.2) is 4.79 Å². The summed E-state index contributed by atoms with van der Waals surface area (Å²) in [6, 6.07) is 1.88. The van der Waals surface area contributed by atoms with Gasteiger partial charge in [0.05, 0.1) is 7.11 Å². The molecule has 0 heterocycles. The molecule has 0 aliphatic heterocycles. The van der Waals surface area contributed by atoms with Crippen molar-refractivity contribution in [2.45, 2.75) is 33.6 Å². The molecule has 3 nitrogen and oxygen atoms in total. The molecule has 0 aromatic rings. The number of nitriles is 1. The summed E-state index contributed by atoms with van der Waals surface area (Å²) in [5.41, 5.74) is 2.14. The van der Waals surface area contributed by atoms with Crippen molar-refractivity contribution in [3.8, 4) is 6.07 Å². The molecule has 0 aliphatic carbocycles. The molecule has 0 aromatic carbocycles. The second-order valence-electron chi connectivity index (χ2n) is 3.58. The fourth-order valence-corrected chi connectivity index (χ4v) is 1.12. The van der Waals surface area contributed by atoms with Crippen LogP contribution in [0.5, 0.6) is 0 Å². The van der Waals surface area contributed by atoms with Gasteiger partial charge in [-0.05, 0) is 39.2 Å². The molecule has 3 heteroatoms. The molecule has 0 saturated carbocycles. The normalized spacial score (nSPS) is 11.1. The van der Waals surface area contributed by atoms with Gasteiger partial charge in [-0.15, -0.1) is 0 Å². The molecule has 0 rings (SSSR count). The van der Waals surface area contributed by atoms with Gasteiger partial charge < -0.3 is 4.74 Å². The number of allylic oxidation sites excluding steroid dienone is 3. The Balaban J connectivity index is 4.55. The van der Waals surface area contributed by atoms with Crippen LogP contribution in [0.25, 0.3) is 0 Å². The Morgan fingerprint density at radius 3 is 2.40 bits per heavy atom. The van der Waals surface area contributed by atoms with Crippen LogP contribution in [0, 0.1) is 11.3 Å². The Bertz CT molecular complexity index is 328. The zero-order valence-electron chi connectivity index (χ0n) is 9.76. The smallest absolute Gasteiger partial charge is 0.348 e. The highest BCUT2D eigenvalue weighted by Gasteiger charge is 2.11. The minimum atomic E-state index is -0.549. The van der Waals surface area contributed by atoms with Gasteiger partial charge >= 0.3 is 5.97 Å². The van der Waals surface area contributed by atoms with Crippen LogP contribution in [0.1, 0.15) is 33.6 Å². The predicted octanol–water partition coefficient (Wildman–Crippen LogP) is 2.75. The maximum atomic E-state index is 11.2. The zero-order valence-corrected chi connectivity index (χ0v) is 9.76. The molecule has 0 aromatic heterocycles. The number of nitrogens with zero attached hydrogens (tertiary/aromatic N) is 1. The van der Waals surface area contributed by atoms with Crippen molar-refractivity contribution in [3.63, 3.8) is 0 Å². The predicted molar refractivity (Wildman–Crippen MR) is 59.0 cm³/mol. The first-order chi connectivity index (χ1) is 7.02. The van der Waals surface area contributed by atoms with Crippen LogP contribution in [-0.4, -0.2) is 13.1 Å². The topological polar surface area (TPSA) is 50.1 Å². The molecule has 15 heavy (non-hydrogen) atoms. The molecule has 0 N–H and O–H groups in total. The molecular formula is C12H17NO2. The van der Waals surface area contributed by atoms with E-state index in [1.54, 1.807) is 6.92 Å². The maximum Gasteiger partial charge on any atom is 0.348 e. The van der Waals surface area contributed by atoms with E-state index >= 15 is 0 Å². The number of rotatable bonds is 4. The molecule has 0 radical (unpaired) electrons. The van der Waals surface area contributed by atoms with Crippen molar-refractivity contribution in [1.82, 2.24) is 0 Å². The van der Waals surface area contributed by atoms with Crippen molar-refractivity contribution in [3.05, 3.63) is 22.8 Å². The summed E-state index contributed by atoms with van der Waals surface area (Å²) in [6.07, 6.45) is 3.63. The number of hydrogen-bond acceptors (Lipinski definition) is 3. The van der Waals surface area contributed by atoms with Crippen LogP contribution in [-0.2, 0) is 9.53 Å². The van der Waals surface area contributed by atoms with Gasteiger partial charge in [0, 0.05) is 0 Å². The lowest BCUT2D eigenvalue weighted by atomic mass is 10.1. The molecule has 0 spiro atoms.